The van der Waals surface area contributed by atoms with Gasteiger partial charge in [0, 0.05) is 18.6 Å². The number of hydrogen-bond acceptors (Lipinski definition) is 6. The molecule has 0 radical (unpaired) electrons. The lowest BCUT2D eigenvalue weighted by atomic mass is 9.98. The van der Waals surface area contributed by atoms with Crippen LogP contribution in [0.3, 0.4) is 0 Å². The van der Waals surface area contributed by atoms with Crippen LogP contribution in [0.15, 0.2) is 29.2 Å². The van der Waals surface area contributed by atoms with Crippen LogP contribution in [0.4, 0.5) is 5.69 Å². The van der Waals surface area contributed by atoms with E-state index >= 15 is 0 Å². The number of non-ortho nitro benzene ring substituents is 1. The molecule has 2 fully saturated rings. The lowest BCUT2D eigenvalue weighted by Gasteiger charge is -2.18. The van der Waals surface area contributed by atoms with Crippen LogP contribution in [0.5, 0.6) is 0 Å². The van der Waals surface area contributed by atoms with Crippen molar-refractivity contribution in [2.75, 3.05) is 0 Å². The minimum Gasteiger partial charge on any atom is -0.372 e. The van der Waals surface area contributed by atoms with Crippen LogP contribution in [0.1, 0.15) is 19.3 Å². The van der Waals surface area contributed by atoms with Crippen molar-refractivity contribution < 1.29 is 22.3 Å². The highest BCUT2D eigenvalue weighted by Gasteiger charge is 2.43. The molecular weight excluding hydrogens is 286 g/mol. The fourth-order valence-corrected chi connectivity index (χ4v) is 3.75. The Bertz CT molecular complexity index is 626. The molecule has 3 rings (SSSR count). The number of rotatable bonds is 4. The van der Waals surface area contributed by atoms with Crippen LogP contribution < -0.4 is 0 Å². The minimum atomic E-state index is -3.91. The molecule has 8 heteroatoms. The molecule has 2 heterocycles. The molecule has 2 bridgehead atoms. The Kier molecular flexibility index (Phi) is 3.23. The largest absolute Gasteiger partial charge is 0.372 e. The molecule has 108 valence electrons. The summed E-state index contributed by atoms with van der Waals surface area (Å²) in [6, 6.07) is 4.66. The van der Waals surface area contributed by atoms with Gasteiger partial charge in [0.2, 0.25) is 0 Å². The fourth-order valence-electron chi connectivity index (χ4n) is 2.65. The monoisotopic (exact) mass is 299 g/mol. The molecule has 0 unspecified atom stereocenters. The van der Waals surface area contributed by atoms with Gasteiger partial charge in [-0.2, -0.15) is 8.42 Å². The van der Waals surface area contributed by atoms with Crippen LogP contribution in [0, 0.1) is 10.1 Å². The number of fused-ring (bicyclic) bond motifs is 2. The zero-order chi connectivity index (χ0) is 14.3. The van der Waals surface area contributed by atoms with Crippen molar-refractivity contribution in [1.29, 1.82) is 0 Å². The summed E-state index contributed by atoms with van der Waals surface area (Å²) in [7, 11) is -3.91. The summed E-state index contributed by atoms with van der Waals surface area (Å²) < 4.78 is 34.9. The molecule has 0 saturated carbocycles. The highest BCUT2D eigenvalue weighted by molar-refractivity contribution is 7.86. The van der Waals surface area contributed by atoms with E-state index in [2.05, 4.69) is 0 Å². The predicted molar refractivity (Wildman–Crippen MR) is 67.7 cm³/mol. The molecule has 1 aromatic carbocycles. The minimum absolute atomic E-state index is 0.0779. The topological polar surface area (TPSA) is 95.7 Å². The average molecular weight is 299 g/mol. The van der Waals surface area contributed by atoms with Gasteiger partial charge in [0.25, 0.3) is 15.8 Å². The molecule has 0 aromatic heterocycles. The molecule has 2 saturated heterocycles. The number of nitro groups is 1. The van der Waals surface area contributed by atoms with Crippen LogP contribution in [0.2, 0.25) is 0 Å². The highest BCUT2D eigenvalue weighted by Crippen LogP contribution is 2.37. The van der Waals surface area contributed by atoms with E-state index in [9.17, 15) is 18.5 Å². The molecule has 7 nitrogen and oxygen atoms in total. The number of nitrogens with zero attached hydrogens (tertiary/aromatic N) is 1. The fraction of sp³-hybridized carbons (Fsp3) is 0.500. The van der Waals surface area contributed by atoms with Gasteiger partial charge in [-0.05, 0) is 25.0 Å². The summed E-state index contributed by atoms with van der Waals surface area (Å²) in [4.78, 5) is 9.88. The summed E-state index contributed by atoms with van der Waals surface area (Å²) in [6.45, 7) is 0. The molecule has 2 aliphatic heterocycles. The van der Waals surface area contributed by atoms with Gasteiger partial charge in [-0.15, -0.1) is 0 Å². The lowest BCUT2D eigenvalue weighted by molar-refractivity contribution is -0.384. The van der Waals surface area contributed by atoms with Gasteiger partial charge in [-0.25, -0.2) is 0 Å². The maximum absolute atomic E-state index is 12.1. The standard InChI is InChI=1S/C12H13NO6S/c14-13(15)8-1-4-10(5-2-8)20(16,17)19-12-7-9-3-6-11(12)18-9/h1-2,4-5,9,11-12H,3,6-7H2/t9-,11+,12+/m0/s1. The van der Waals surface area contributed by atoms with Crippen molar-refractivity contribution in [3.05, 3.63) is 34.4 Å². The van der Waals surface area contributed by atoms with E-state index in [1.807, 2.05) is 0 Å². The van der Waals surface area contributed by atoms with Gasteiger partial charge < -0.3 is 4.74 Å². The molecule has 0 aliphatic carbocycles. The summed E-state index contributed by atoms with van der Waals surface area (Å²) in [5.41, 5.74) is -0.160. The summed E-state index contributed by atoms with van der Waals surface area (Å²) in [6.07, 6.45) is 1.82. The SMILES string of the molecule is O=[N+]([O-])c1ccc(S(=O)(=O)O[C@@H]2C[C@@H]3CC[C@H]2O3)cc1. The molecule has 0 N–H and O–H groups in total. The summed E-state index contributed by atoms with van der Waals surface area (Å²) in [5, 5.41) is 10.5. The van der Waals surface area contributed by atoms with Crippen LogP contribution in [-0.2, 0) is 19.0 Å². The first-order chi connectivity index (χ1) is 9.45. The Labute approximate surface area is 115 Å². The second kappa shape index (κ2) is 4.80. The Morgan fingerprint density at radius 1 is 1.25 bits per heavy atom. The van der Waals surface area contributed by atoms with Crippen LogP contribution in [0.25, 0.3) is 0 Å². The van der Waals surface area contributed by atoms with E-state index in [1.165, 1.54) is 12.1 Å². The van der Waals surface area contributed by atoms with E-state index in [0.717, 1.165) is 25.0 Å². The first-order valence-electron chi connectivity index (χ1n) is 6.29. The maximum Gasteiger partial charge on any atom is 0.297 e. The van der Waals surface area contributed by atoms with Gasteiger partial charge in [-0.3, -0.25) is 14.3 Å². The van der Waals surface area contributed by atoms with Crippen molar-refractivity contribution in [2.45, 2.75) is 42.5 Å². The second-order valence-electron chi connectivity index (χ2n) is 4.95. The van der Waals surface area contributed by atoms with E-state index < -0.39 is 21.1 Å². The van der Waals surface area contributed by atoms with E-state index in [1.54, 1.807) is 0 Å². The van der Waals surface area contributed by atoms with Gasteiger partial charge >= 0.3 is 0 Å². The number of hydrogen-bond donors (Lipinski definition) is 0. The third-order valence-electron chi connectivity index (χ3n) is 3.64. The molecule has 2 aliphatic rings. The van der Waals surface area contributed by atoms with Crippen molar-refractivity contribution in [2.24, 2.45) is 0 Å². The summed E-state index contributed by atoms with van der Waals surface area (Å²) in [5.74, 6) is 0. The molecule has 0 amide bonds. The third-order valence-corrected chi connectivity index (χ3v) is 4.99. The van der Waals surface area contributed by atoms with E-state index in [4.69, 9.17) is 8.92 Å². The molecule has 20 heavy (non-hydrogen) atoms. The maximum atomic E-state index is 12.1. The van der Waals surface area contributed by atoms with E-state index in [-0.39, 0.29) is 22.8 Å². The van der Waals surface area contributed by atoms with Crippen molar-refractivity contribution in [3.8, 4) is 0 Å². The quantitative estimate of drug-likeness (QED) is 0.476. The van der Waals surface area contributed by atoms with Gasteiger partial charge in [0.05, 0.1) is 22.0 Å². The van der Waals surface area contributed by atoms with Crippen molar-refractivity contribution in [1.82, 2.24) is 0 Å². The molecule has 3 atom stereocenters. The number of benzene rings is 1. The Balaban J connectivity index is 1.76. The van der Waals surface area contributed by atoms with Crippen LogP contribution in [-0.4, -0.2) is 31.7 Å². The molecule has 0 spiro atoms. The molecular formula is C12H13NO6S. The third kappa shape index (κ3) is 2.41. The van der Waals surface area contributed by atoms with Gasteiger partial charge in [0.1, 0.15) is 6.10 Å². The zero-order valence-corrected chi connectivity index (χ0v) is 11.3. The Morgan fingerprint density at radius 3 is 2.45 bits per heavy atom. The number of ether oxygens (including phenoxy) is 1. The first kappa shape index (κ1) is 13.5. The predicted octanol–water partition coefficient (Wildman–Crippen LogP) is 1.62. The van der Waals surface area contributed by atoms with Crippen molar-refractivity contribution >= 4 is 15.8 Å². The first-order valence-corrected chi connectivity index (χ1v) is 7.70. The average Bonchev–Trinajstić information content (AvgIpc) is 3.00. The lowest BCUT2D eigenvalue weighted by Crippen LogP contribution is -2.28. The second-order valence-corrected chi connectivity index (χ2v) is 6.52. The normalized spacial score (nSPS) is 28.7. The van der Waals surface area contributed by atoms with Crippen LogP contribution >= 0.6 is 0 Å². The van der Waals surface area contributed by atoms with Crippen molar-refractivity contribution in [3.63, 3.8) is 0 Å². The van der Waals surface area contributed by atoms with E-state index in [0.29, 0.717) is 6.42 Å². The zero-order valence-electron chi connectivity index (χ0n) is 10.5. The Morgan fingerprint density at radius 2 is 1.95 bits per heavy atom. The summed E-state index contributed by atoms with van der Waals surface area (Å²) >= 11 is 0. The Hall–Kier alpha value is -1.51. The molecule has 1 aromatic rings. The highest BCUT2D eigenvalue weighted by atomic mass is 32.2. The smallest absolute Gasteiger partial charge is 0.297 e. The van der Waals surface area contributed by atoms with Gasteiger partial charge in [0.15, 0.2) is 0 Å². The number of nitro benzene ring substituents is 1. The van der Waals surface area contributed by atoms with Gasteiger partial charge in [-0.1, -0.05) is 0 Å².